The molecule has 0 N–H and O–H groups in total. The Balaban J connectivity index is 2.32. The second-order valence-electron chi connectivity index (χ2n) is 4.47. The quantitative estimate of drug-likeness (QED) is 0.743. The summed E-state index contributed by atoms with van der Waals surface area (Å²) in [5, 5.41) is -0.486. The van der Waals surface area contributed by atoms with Crippen LogP contribution >= 0.6 is 11.6 Å². The number of aromatic nitrogens is 2. The van der Waals surface area contributed by atoms with E-state index >= 15 is 0 Å². The molecule has 0 atom stereocenters. The molecule has 2 rings (SSSR count). The lowest BCUT2D eigenvalue weighted by atomic mass is 10.3. The molecule has 1 fully saturated rings. The van der Waals surface area contributed by atoms with Crippen molar-refractivity contribution in [3.8, 4) is 0 Å². The van der Waals surface area contributed by atoms with Crippen LogP contribution in [-0.2, 0) is 11.0 Å². The van der Waals surface area contributed by atoms with E-state index in [4.69, 9.17) is 11.6 Å². The first-order valence-corrected chi connectivity index (χ1v) is 6.26. The molecule has 1 aromatic heterocycles. The first-order chi connectivity index (χ1) is 9.27. The van der Waals surface area contributed by atoms with Crippen molar-refractivity contribution < 1.29 is 18.0 Å². The van der Waals surface area contributed by atoms with Crippen molar-refractivity contribution in [2.24, 2.45) is 0 Å². The topological polar surface area (TPSA) is 49.3 Å². The van der Waals surface area contributed by atoms with Gasteiger partial charge in [-0.15, -0.1) is 0 Å². The number of carbonyl (C=O) groups excluding carboxylic acids is 1. The van der Waals surface area contributed by atoms with Gasteiger partial charge in [0.2, 0.25) is 11.2 Å². The minimum Gasteiger partial charge on any atom is -0.347 e. The highest BCUT2D eigenvalue weighted by Crippen LogP contribution is 2.30. The van der Waals surface area contributed by atoms with Crippen LogP contribution < -0.4 is 4.90 Å². The van der Waals surface area contributed by atoms with Gasteiger partial charge >= 0.3 is 6.18 Å². The highest BCUT2D eigenvalue weighted by atomic mass is 35.5. The molecule has 110 valence electrons. The third-order valence-electron chi connectivity index (χ3n) is 2.97. The van der Waals surface area contributed by atoms with Gasteiger partial charge in [-0.05, 0) is 18.0 Å². The Morgan fingerprint density at radius 2 is 2.00 bits per heavy atom. The van der Waals surface area contributed by atoms with Gasteiger partial charge in [0, 0.05) is 26.2 Å². The lowest BCUT2D eigenvalue weighted by Gasteiger charge is -2.21. The van der Waals surface area contributed by atoms with Gasteiger partial charge in [-0.3, -0.25) is 4.79 Å². The van der Waals surface area contributed by atoms with Crippen LogP contribution in [0.5, 0.6) is 0 Å². The smallest absolute Gasteiger partial charge is 0.347 e. The largest absolute Gasteiger partial charge is 0.433 e. The fourth-order valence-electron chi connectivity index (χ4n) is 1.90. The molecule has 5 nitrogen and oxygen atoms in total. The van der Waals surface area contributed by atoms with Crippen LogP contribution in [0.1, 0.15) is 12.1 Å². The molecule has 0 spiro atoms. The Morgan fingerprint density at radius 3 is 2.65 bits per heavy atom. The third-order valence-corrected chi connectivity index (χ3v) is 3.14. The van der Waals surface area contributed by atoms with Crippen LogP contribution in [0.15, 0.2) is 6.07 Å². The van der Waals surface area contributed by atoms with E-state index in [-0.39, 0.29) is 18.3 Å². The molecule has 1 aliphatic rings. The molecule has 1 aromatic rings. The van der Waals surface area contributed by atoms with E-state index in [1.165, 1.54) is 9.80 Å². The second-order valence-corrected chi connectivity index (χ2v) is 4.81. The first kappa shape index (κ1) is 14.8. The van der Waals surface area contributed by atoms with Gasteiger partial charge in [0.05, 0.1) is 6.54 Å². The van der Waals surface area contributed by atoms with Crippen molar-refractivity contribution in [2.75, 3.05) is 31.6 Å². The fraction of sp³-hybridized carbons (Fsp3) is 0.545. The molecule has 2 heterocycles. The third kappa shape index (κ3) is 3.30. The summed E-state index contributed by atoms with van der Waals surface area (Å²) in [4.78, 5) is 21.7. The van der Waals surface area contributed by atoms with E-state index in [9.17, 15) is 18.0 Å². The average molecular weight is 309 g/mol. The van der Waals surface area contributed by atoms with Crippen molar-refractivity contribution >= 4 is 23.3 Å². The summed E-state index contributed by atoms with van der Waals surface area (Å²) in [5.41, 5.74) is -1.11. The summed E-state index contributed by atoms with van der Waals surface area (Å²) in [5.74, 6) is -0.160. The number of likely N-dealkylation sites (N-methyl/N-ethyl adjacent to an activating group) is 1. The standard InChI is InChI=1S/C11H12ClF3N4O/c1-18-3-2-4-19(6-9(18)20)8-5-7(11(13,14)15)16-10(12)17-8/h5H,2-4,6H2,1H3. The van der Waals surface area contributed by atoms with Crippen LogP contribution in [0, 0.1) is 0 Å². The minimum atomic E-state index is -4.60. The molecule has 0 saturated carbocycles. The molecular formula is C11H12ClF3N4O. The predicted octanol–water partition coefficient (Wildman–Crippen LogP) is 1.82. The molecule has 1 aliphatic heterocycles. The molecule has 0 unspecified atom stereocenters. The van der Waals surface area contributed by atoms with Crippen LogP contribution in [-0.4, -0.2) is 47.5 Å². The van der Waals surface area contributed by atoms with Crippen LogP contribution in [0.4, 0.5) is 19.0 Å². The second kappa shape index (κ2) is 5.43. The highest BCUT2D eigenvalue weighted by molar-refractivity contribution is 6.28. The number of hydrogen-bond donors (Lipinski definition) is 0. The Morgan fingerprint density at radius 1 is 1.30 bits per heavy atom. The zero-order chi connectivity index (χ0) is 14.9. The normalized spacial score (nSPS) is 17.4. The van der Waals surface area contributed by atoms with E-state index in [2.05, 4.69) is 9.97 Å². The molecule has 0 radical (unpaired) electrons. The Kier molecular flexibility index (Phi) is 4.03. The number of halogens is 4. The molecule has 20 heavy (non-hydrogen) atoms. The van der Waals surface area contributed by atoms with Crippen molar-refractivity contribution in [2.45, 2.75) is 12.6 Å². The summed E-state index contributed by atoms with van der Waals surface area (Å²) in [6.45, 7) is 0.960. The van der Waals surface area contributed by atoms with Crippen LogP contribution in [0.3, 0.4) is 0 Å². The number of carbonyl (C=O) groups is 1. The first-order valence-electron chi connectivity index (χ1n) is 5.88. The average Bonchev–Trinajstić information content (AvgIpc) is 2.50. The summed E-state index contributed by atoms with van der Waals surface area (Å²) >= 11 is 5.54. The molecule has 9 heteroatoms. The number of alkyl halides is 3. The highest BCUT2D eigenvalue weighted by Gasteiger charge is 2.34. The SMILES string of the molecule is CN1CCCN(c2cc(C(F)(F)F)nc(Cl)n2)CC1=O. The van der Waals surface area contributed by atoms with Gasteiger partial charge < -0.3 is 9.80 Å². The molecular weight excluding hydrogens is 297 g/mol. The van der Waals surface area contributed by atoms with E-state index in [1.807, 2.05) is 0 Å². The lowest BCUT2D eigenvalue weighted by molar-refractivity contribution is -0.141. The van der Waals surface area contributed by atoms with E-state index < -0.39 is 17.2 Å². The summed E-state index contributed by atoms with van der Waals surface area (Å²) < 4.78 is 38.1. The van der Waals surface area contributed by atoms with E-state index in [0.29, 0.717) is 19.5 Å². The monoisotopic (exact) mass is 308 g/mol. The maximum atomic E-state index is 12.7. The van der Waals surface area contributed by atoms with Gasteiger partial charge in [-0.25, -0.2) is 9.97 Å². The maximum Gasteiger partial charge on any atom is 0.433 e. The lowest BCUT2D eigenvalue weighted by Crippen LogP contribution is -2.35. The van der Waals surface area contributed by atoms with E-state index in [0.717, 1.165) is 6.07 Å². The van der Waals surface area contributed by atoms with Gasteiger partial charge in [0.15, 0.2) is 5.69 Å². The molecule has 1 saturated heterocycles. The van der Waals surface area contributed by atoms with Crippen LogP contribution in [0.2, 0.25) is 5.28 Å². The number of anilines is 1. The maximum absolute atomic E-state index is 12.7. The Labute approximate surface area is 118 Å². The Hall–Kier alpha value is -1.57. The number of rotatable bonds is 1. The number of amides is 1. The summed E-state index contributed by atoms with van der Waals surface area (Å²) in [6.07, 6.45) is -3.96. The molecule has 0 bridgehead atoms. The van der Waals surface area contributed by atoms with Crippen molar-refractivity contribution in [3.05, 3.63) is 17.0 Å². The van der Waals surface area contributed by atoms with E-state index in [1.54, 1.807) is 7.05 Å². The van der Waals surface area contributed by atoms with Gasteiger partial charge in [-0.1, -0.05) is 0 Å². The van der Waals surface area contributed by atoms with Crippen LogP contribution in [0.25, 0.3) is 0 Å². The fourth-order valence-corrected chi connectivity index (χ4v) is 2.07. The molecule has 0 aromatic carbocycles. The Bertz CT molecular complexity index is 523. The predicted molar refractivity (Wildman–Crippen MR) is 66.5 cm³/mol. The van der Waals surface area contributed by atoms with Gasteiger partial charge in [-0.2, -0.15) is 13.2 Å². The van der Waals surface area contributed by atoms with Gasteiger partial charge in [0.25, 0.3) is 0 Å². The molecule has 1 amide bonds. The summed E-state index contributed by atoms with van der Waals surface area (Å²) in [7, 11) is 1.65. The summed E-state index contributed by atoms with van der Waals surface area (Å²) in [6, 6.07) is 0.810. The number of hydrogen-bond acceptors (Lipinski definition) is 4. The van der Waals surface area contributed by atoms with Crippen molar-refractivity contribution in [1.82, 2.24) is 14.9 Å². The van der Waals surface area contributed by atoms with Crippen molar-refractivity contribution in [1.29, 1.82) is 0 Å². The number of nitrogens with zero attached hydrogens (tertiary/aromatic N) is 4. The zero-order valence-corrected chi connectivity index (χ0v) is 11.4. The van der Waals surface area contributed by atoms with Gasteiger partial charge in [0.1, 0.15) is 5.82 Å². The van der Waals surface area contributed by atoms with Crippen molar-refractivity contribution in [3.63, 3.8) is 0 Å². The zero-order valence-electron chi connectivity index (χ0n) is 10.6. The minimum absolute atomic E-state index is 0.0148. The molecule has 0 aliphatic carbocycles.